The van der Waals surface area contributed by atoms with E-state index in [0.29, 0.717) is 6.42 Å². The smallest absolute Gasteiger partial charge is 0.329 e. The third-order valence-corrected chi connectivity index (χ3v) is 3.23. The highest BCUT2D eigenvalue weighted by Crippen LogP contribution is 2.36. The van der Waals surface area contributed by atoms with Crippen molar-refractivity contribution in [1.82, 2.24) is 4.90 Å². The van der Waals surface area contributed by atoms with Crippen molar-refractivity contribution in [3.63, 3.8) is 0 Å². The van der Waals surface area contributed by atoms with Crippen LogP contribution in [0.2, 0.25) is 0 Å². The average molecular weight is 224 g/mol. The fraction of sp³-hybridized carbons (Fsp3) is 1.00. The molecule has 0 aromatic heterocycles. The third kappa shape index (κ3) is 3.34. The van der Waals surface area contributed by atoms with E-state index in [1.165, 1.54) is 4.90 Å². The summed E-state index contributed by atoms with van der Waals surface area (Å²) in [5.74, 6) is 0. The number of rotatable bonds is 5. The van der Waals surface area contributed by atoms with Crippen LogP contribution in [0.3, 0.4) is 0 Å². The van der Waals surface area contributed by atoms with Crippen molar-refractivity contribution < 1.29 is 13.2 Å². The van der Waals surface area contributed by atoms with E-state index in [1.807, 2.05) is 13.8 Å². The van der Waals surface area contributed by atoms with Crippen LogP contribution in [-0.2, 0) is 0 Å². The highest BCUT2D eigenvalue weighted by Gasteiger charge is 2.45. The van der Waals surface area contributed by atoms with Crippen molar-refractivity contribution >= 4 is 0 Å². The molecule has 0 radical (unpaired) electrons. The molecule has 0 aromatic carbocycles. The summed E-state index contributed by atoms with van der Waals surface area (Å²) < 4.78 is 37.2. The van der Waals surface area contributed by atoms with Gasteiger partial charge in [0.05, 0.1) is 6.54 Å². The van der Waals surface area contributed by atoms with Crippen molar-refractivity contribution in [2.45, 2.75) is 50.9 Å². The van der Waals surface area contributed by atoms with Crippen LogP contribution in [0.1, 0.15) is 33.1 Å². The first kappa shape index (κ1) is 12.8. The Morgan fingerprint density at radius 3 is 2.13 bits per heavy atom. The molecule has 0 aliphatic heterocycles. The zero-order valence-corrected chi connectivity index (χ0v) is 9.27. The fourth-order valence-electron chi connectivity index (χ4n) is 1.80. The van der Waals surface area contributed by atoms with E-state index in [1.54, 1.807) is 0 Å². The predicted octanol–water partition coefficient (Wildman–Crippen LogP) is 2.14. The van der Waals surface area contributed by atoms with Crippen LogP contribution in [0.5, 0.6) is 0 Å². The van der Waals surface area contributed by atoms with Gasteiger partial charge in [-0.1, -0.05) is 6.92 Å². The van der Waals surface area contributed by atoms with E-state index < -0.39 is 18.3 Å². The van der Waals surface area contributed by atoms with Crippen LogP contribution >= 0.6 is 0 Å². The third-order valence-electron chi connectivity index (χ3n) is 3.23. The fourth-order valence-corrected chi connectivity index (χ4v) is 1.80. The van der Waals surface area contributed by atoms with E-state index in [0.717, 1.165) is 12.8 Å². The van der Waals surface area contributed by atoms with Gasteiger partial charge in [-0.2, -0.15) is 13.2 Å². The van der Waals surface area contributed by atoms with Crippen molar-refractivity contribution in [2.24, 2.45) is 5.73 Å². The van der Waals surface area contributed by atoms with Crippen molar-refractivity contribution in [3.8, 4) is 0 Å². The van der Waals surface area contributed by atoms with Gasteiger partial charge in [0.2, 0.25) is 0 Å². The minimum atomic E-state index is -4.13. The molecule has 1 unspecified atom stereocenters. The number of halogens is 3. The number of nitrogens with zero attached hydrogens (tertiary/aromatic N) is 1. The largest absolute Gasteiger partial charge is 0.401 e. The second kappa shape index (κ2) is 4.29. The number of hydrogen-bond acceptors (Lipinski definition) is 2. The zero-order chi connectivity index (χ0) is 11.7. The van der Waals surface area contributed by atoms with Gasteiger partial charge >= 0.3 is 6.18 Å². The molecule has 0 amide bonds. The van der Waals surface area contributed by atoms with E-state index in [4.69, 9.17) is 5.73 Å². The van der Waals surface area contributed by atoms with Crippen molar-refractivity contribution in [2.75, 3.05) is 13.1 Å². The summed E-state index contributed by atoms with van der Waals surface area (Å²) >= 11 is 0. The molecule has 5 heteroatoms. The lowest BCUT2D eigenvalue weighted by molar-refractivity contribution is -0.160. The van der Waals surface area contributed by atoms with E-state index in [-0.39, 0.29) is 12.6 Å². The van der Waals surface area contributed by atoms with Gasteiger partial charge in [0, 0.05) is 18.1 Å². The predicted molar refractivity (Wildman–Crippen MR) is 53.5 cm³/mol. The minimum absolute atomic E-state index is 0.0834. The number of hydrogen-bond donors (Lipinski definition) is 1. The Kier molecular flexibility index (Phi) is 3.66. The molecule has 1 saturated carbocycles. The second-order valence-corrected chi connectivity index (χ2v) is 4.53. The maximum atomic E-state index is 12.4. The monoisotopic (exact) mass is 224 g/mol. The summed E-state index contributed by atoms with van der Waals surface area (Å²) in [7, 11) is 0. The zero-order valence-electron chi connectivity index (χ0n) is 9.27. The molecule has 90 valence electrons. The van der Waals surface area contributed by atoms with Gasteiger partial charge < -0.3 is 5.73 Å². The van der Waals surface area contributed by atoms with Crippen LogP contribution in [0.15, 0.2) is 0 Å². The number of nitrogens with two attached hydrogens (primary N) is 1. The Bertz CT molecular complexity index is 207. The average Bonchev–Trinajstić information content (AvgIpc) is 2.95. The first-order valence-electron chi connectivity index (χ1n) is 5.36. The Labute approximate surface area is 88.6 Å². The number of alkyl halides is 3. The van der Waals surface area contributed by atoms with Gasteiger partial charge in [-0.3, -0.25) is 4.90 Å². The molecule has 1 rings (SSSR count). The van der Waals surface area contributed by atoms with Gasteiger partial charge in [-0.25, -0.2) is 0 Å². The highest BCUT2D eigenvalue weighted by molar-refractivity contribution is 4.96. The molecule has 0 heterocycles. The molecule has 1 aliphatic carbocycles. The highest BCUT2D eigenvalue weighted by atomic mass is 19.4. The molecule has 2 N–H and O–H groups in total. The summed E-state index contributed by atoms with van der Waals surface area (Å²) in [4.78, 5) is 1.53. The van der Waals surface area contributed by atoms with Gasteiger partial charge in [0.25, 0.3) is 0 Å². The topological polar surface area (TPSA) is 29.3 Å². The summed E-state index contributed by atoms with van der Waals surface area (Å²) in [6.45, 7) is 3.14. The normalized spacial score (nSPS) is 21.8. The standard InChI is InChI=1S/C10H19F3N2/c1-3-9(2,6-14)15(8-4-5-8)7-10(11,12)13/h8H,3-7,14H2,1-2H3. The van der Waals surface area contributed by atoms with Crippen LogP contribution in [-0.4, -0.2) is 35.7 Å². The molecule has 0 saturated heterocycles. The van der Waals surface area contributed by atoms with E-state index >= 15 is 0 Å². The van der Waals surface area contributed by atoms with Crippen LogP contribution < -0.4 is 5.73 Å². The molecule has 0 bridgehead atoms. The van der Waals surface area contributed by atoms with Gasteiger partial charge in [0.1, 0.15) is 0 Å². The first-order chi connectivity index (χ1) is 6.82. The summed E-state index contributed by atoms with van der Waals surface area (Å²) in [6, 6.07) is 0.0834. The van der Waals surface area contributed by atoms with E-state index in [2.05, 4.69) is 0 Å². The lowest BCUT2D eigenvalue weighted by Gasteiger charge is -2.40. The summed E-state index contributed by atoms with van der Waals surface area (Å²) in [5, 5.41) is 0. The van der Waals surface area contributed by atoms with Crippen LogP contribution in [0.25, 0.3) is 0 Å². The lowest BCUT2D eigenvalue weighted by Crippen LogP contribution is -2.55. The molecule has 0 aromatic rings. The molecule has 1 fully saturated rings. The Hall–Kier alpha value is -0.290. The molecule has 1 atom stereocenters. The minimum Gasteiger partial charge on any atom is -0.329 e. The Morgan fingerprint density at radius 2 is 1.87 bits per heavy atom. The molecule has 0 spiro atoms. The lowest BCUT2D eigenvalue weighted by atomic mass is 9.96. The molecular formula is C10H19F3N2. The maximum Gasteiger partial charge on any atom is 0.401 e. The molecule has 15 heavy (non-hydrogen) atoms. The maximum absolute atomic E-state index is 12.4. The molecular weight excluding hydrogens is 205 g/mol. The molecule has 1 aliphatic rings. The van der Waals surface area contributed by atoms with Gasteiger partial charge in [-0.05, 0) is 26.2 Å². The van der Waals surface area contributed by atoms with Gasteiger partial charge in [-0.15, -0.1) is 0 Å². The molecule has 2 nitrogen and oxygen atoms in total. The SMILES string of the molecule is CCC(C)(CN)N(CC(F)(F)F)C1CC1. The van der Waals surface area contributed by atoms with E-state index in [9.17, 15) is 13.2 Å². The first-order valence-corrected chi connectivity index (χ1v) is 5.36. The van der Waals surface area contributed by atoms with Crippen LogP contribution in [0.4, 0.5) is 13.2 Å². The van der Waals surface area contributed by atoms with Crippen molar-refractivity contribution in [1.29, 1.82) is 0 Å². The Morgan fingerprint density at radius 1 is 1.33 bits per heavy atom. The van der Waals surface area contributed by atoms with Gasteiger partial charge in [0.15, 0.2) is 0 Å². The summed E-state index contributed by atoms with van der Waals surface area (Å²) in [5.41, 5.74) is 5.08. The Balaban J connectivity index is 2.72. The van der Waals surface area contributed by atoms with Crippen molar-refractivity contribution in [3.05, 3.63) is 0 Å². The van der Waals surface area contributed by atoms with Crippen LogP contribution in [0, 0.1) is 0 Å². The second-order valence-electron chi connectivity index (χ2n) is 4.53. The quantitative estimate of drug-likeness (QED) is 0.775. The summed E-state index contributed by atoms with van der Waals surface area (Å²) in [6.07, 6.45) is -1.75.